The van der Waals surface area contributed by atoms with Gasteiger partial charge in [-0.3, -0.25) is 4.79 Å². The number of anilines is 1. The Hall–Kier alpha value is -2.37. The smallest absolute Gasteiger partial charge is 0.225 e. The van der Waals surface area contributed by atoms with Gasteiger partial charge in [0.05, 0.1) is 5.69 Å². The van der Waals surface area contributed by atoms with Gasteiger partial charge in [-0.2, -0.15) is 0 Å². The highest BCUT2D eigenvalue weighted by molar-refractivity contribution is 5.92. The quantitative estimate of drug-likeness (QED) is 0.813. The number of para-hydroxylation sites is 3. The molecule has 1 aliphatic rings. The number of carbonyl (C=O) groups excluding carboxylic acids is 1. The van der Waals surface area contributed by atoms with Crippen LogP contribution in [0.3, 0.4) is 0 Å². The van der Waals surface area contributed by atoms with E-state index in [2.05, 4.69) is 10.2 Å². The lowest BCUT2D eigenvalue weighted by atomic mass is 10.1. The average molecular weight is 340 g/mol. The molecule has 0 saturated carbocycles. The van der Waals surface area contributed by atoms with Gasteiger partial charge in [-0.05, 0) is 43.1 Å². The third kappa shape index (κ3) is 5.05. The Morgan fingerprint density at radius 2 is 1.92 bits per heavy atom. The second kappa shape index (κ2) is 8.65. The molecular weight excluding hydrogens is 316 g/mol. The van der Waals surface area contributed by atoms with Crippen LogP contribution in [-0.2, 0) is 4.79 Å². The Morgan fingerprint density at radius 3 is 2.68 bits per heavy atom. The minimum atomic E-state index is -0.0310. The number of rotatable bonds is 7. The van der Waals surface area contributed by atoms with E-state index in [1.54, 1.807) is 0 Å². The molecule has 2 N–H and O–H groups in total. The monoisotopic (exact) mass is 340 g/mol. The van der Waals surface area contributed by atoms with Gasteiger partial charge < -0.3 is 20.1 Å². The van der Waals surface area contributed by atoms with Crippen molar-refractivity contribution in [2.75, 3.05) is 31.6 Å². The number of likely N-dealkylation sites (tertiary alicyclic amines) is 1. The summed E-state index contributed by atoms with van der Waals surface area (Å²) >= 11 is 0. The number of carbonyl (C=O) groups is 1. The molecule has 1 saturated heterocycles. The molecule has 2 aromatic carbocycles. The molecule has 1 unspecified atom stereocenters. The highest BCUT2D eigenvalue weighted by Crippen LogP contribution is 2.29. The van der Waals surface area contributed by atoms with Crippen molar-refractivity contribution in [1.82, 2.24) is 4.90 Å². The van der Waals surface area contributed by atoms with Crippen molar-refractivity contribution in [3.8, 4) is 11.5 Å². The largest absolute Gasteiger partial charge is 0.455 e. The highest BCUT2D eigenvalue weighted by Gasteiger charge is 2.21. The zero-order valence-corrected chi connectivity index (χ0v) is 14.2. The van der Waals surface area contributed by atoms with Gasteiger partial charge in [0.1, 0.15) is 5.75 Å². The maximum absolute atomic E-state index is 12.3. The van der Waals surface area contributed by atoms with Gasteiger partial charge in [-0.15, -0.1) is 0 Å². The predicted octanol–water partition coefficient (Wildman–Crippen LogP) is 3.12. The second-order valence-corrected chi connectivity index (χ2v) is 6.35. The minimum absolute atomic E-state index is 0.0310. The van der Waals surface area contributed by atoms with Crippen LogP contribution in [0.25, 0.3) is 0 Å². The number of hydrogen-bond acceptors (Lipinski definition) is 4. The number of hydrogen-bond donors (Lipinski definition) is 2. The molecule has 1 aliphatic heterocycles. The lowest BCUT2D eigenvalue weighted by Gasteiger charge is -2.16. The van der Waals surface area contributed by atoms with E-state index in [1.807, 2.05) is 54.6 Å². The van der Waals surface area contributed by atoms with E-state index in [0.717, 1.165) is 25.3 Å². The second-order valence-electron chi connectivity index (χ2n) is 6.35. The first kappa shape index (κ1) is 17.5. The molecule has 0 bridgehead atoms. The SMILES string of the molecule is O=C(CCN1CCC(CO)C1)Nc1ccccc1Oc1ccccc1. The van der Waals surface area contributed by atoms with Crippen molar-refractivity contribution in [2.45, 2.75) is 12.8 Å². The molecule has 1 atom stereocenters. The lowest BCUT2D eigenvalue weighted by Crippen LogP contribution is -2.26. The fourth-order valence-electron chi connectivity index (χ4n) is 3.01. The molecule has 0 aliphatic carbocycles. The van der Waals surface area contributed by atoms with E-state index in [0.29, 0.717) is 30.3 Å². The topological polar surface area (TPSA) is 61.8 Å². The van der Waals surface area contributed by atoms with Crippen molar-refractivity contribution in [2.24, 2.45) is 5.92 Å². The van der Waals surface area contributed by atoms with Gasteiger partial charge in [0.2, 0.25) is 5.91 Å². The summed E-state index contributed by atoms with van der Waals surface area (Å²) < 4.78 is 5.86. The van der Waals surface area contributed by atoms with Crippen molar-refractivity contribution in [1.29, 1.82) is 0 Å². The summed E-state index contributed by atoms with van der Waals surface area (Å²) in [5.74, 6) is 1.68. The summed E-state index contributed by atoms with van der Waals surface area (Å²) in [7, 11) is 0. The number of amides is 1. The van der Waals surface area contributed by atoms with Crippen LogP contribution in [0.15, 0.2) is 54.6 Å². The third-order valence-corrected chi connectivity index (χ3v) is 4.42. The first-order chi connectivity index (χ1) is 12.2. The minimum Gasteiger partial charge on any atom is -0.455 e. The van der Waals surface area contributed by atoms with Gasteiger partial charge in [0, 0.05) is 26.1 Å². The molecule has 132 valence electrons. The standard InChI is InChI=1S/C20H24N2O3/c23-15-16-10-12-22(14-16)13-11-20(24)21-18-8-4-5-9-19(18)25-17-6-2-1-3-7-17/h1-9,16,23H,10-15H2,(H,21,24). The normalized spacial score (nSPS) is 17.4. The fourth-order valence-corrected chi connectivity index (χ4v) is 3.01. The summed E-state index contributed by atoms with van der Waals surface area (Å²) in [5.41, 5.74) is 0.672. The molecule has 2 aromatic rings. The van der Waals surface area contributed by atoms with Crippen LogP contribution in [-0.4, -0.2) is 42.2 Å². The van der Waals surface area contributed by atoms with Gasteiger partial charge in [-0.25, -0.2) is 0 Å². The molecule has 3 rings (SSSR count). The van der Waals surface area contributed by atoms with Gasteiger partial charge >= 0.3 is 0 Å². The first-order valence-corrected chi connectivity index (χ1v) is 8.69. The molecule has 0 radical (unpaired) electrons. The van der Waals surface area contributed by atoms with Crippen molar-refractivity contribution in [3.05, 3.63) is 54.6 Å². The Labute approximate surface area is 148 Å². The summed E-state index contributed by atoms with van der Waals surface area (Å²) in [5, 5.41) is 12.1. The van der Waals surface area contributed by atoms with Crippen LogP contribution < -0.4 is 10.1 Å². The average Bonchev–Trinajstić information content (AvgIpc) is 3.11. The lowest BCUT2D eigenvalue weighted by molar-refractivity contribution is -0.116. The zero-order chi connectivity index (χ0) is 17.5. The molecule has 1 heterocycles. The van der Waals surface area contributed by atoms with Crippen molar-refractivity contribution < 1.29 is 14.6 Å². The number of nitrogens with one attached hydrogen (secondary N) is 1. The summed E-state index contributed by atoms with van der Waals surface area (Å²) in [6.07, 6.45) is 1.43. The maximum Gasteiger partial charge on any atom is 0.225 e. The molecule has 0 aromatic heterocycles. The third-order valence-electron chi connectivity index (χ3n) is 4.42. The van der Waals surface area contributed by atoms with Gasteiger partial charge in [0.25, 0.3) is 0 Å². The summed E-state index contributed by atoms with van der Waals surface area (Å²) in [4.78, 5) is 14.5. The number of nitrogens with zero attached hydrogens (tertiary/aromatic N) is 1. The molecule has 0 spiro atoms. The highest BCUT2D eigenvalue weighted by atomic mass is 16.5. The Balaban J connectivity index is 1.54. The van der Waals surface area contributed by atoms with Crippen molar-refractivity contribution in [3.63, 3.8) is 0 Å². The number of aliphatic hydroxyl groups excluding tert-OH is 1. The number of aliphatic hydroxyl groups is 1. The fraction of sp³-hybridized carbons (Fsp3) is 0.350. The molecule has 1 fully saturated rings. The van der Waals surface area contributed by atoms with Crippen LogP contribution in [0, 0.1) is 5.92 Å². The molecule has 5 heteroatoms. The Morgan fingerprint density at radius 1 is 1.16 bits per heavy atom. The van der Waals surface area contributed by atoms with Gasteiger partial charge in [0.15, 0.2) is 5.75 Å². The maximum atomic E-state index is 12.3. The van der Waals surface area contributed by atoms with Crippen LogP contribution in [0.2, 0.25) is 0 Å². The first-order valence-electron chi connectivity index (χ1n) is 8.69. The molecule has 1 amide bonds. The van der Waals surface area contributed by atoms with E-state index in [1.165, 1.54) is 0 Å². The van der Waals surface area contributed by atoms with E-state index in [9.17, 15) is 9.90 Å². The van der Waals surface area contributed by atoms with Crippen molar-refractivity contribution >= 4 is 11.6 Å². The molecule has 25 heavy (non-hydrogen) atoms. The van der Waals surface area contributed by atoms with E-state index in [-0.39, 0.29) is 12.5 Å². The zero-order valence-electron chi connectivity index (χ0n) is 14.2. The molecule has 5 nitrogen and oxygen atoms in total. The Bertz CT molecular complexity index is 690. The van der Waals surface area contributed by atoms with E-state index < -0.39 is 0 Å². The van der Waals surface area contributed by atoms with Crippen LogP contribution >= 0.6 is 0 Å². The number of benzene rings is 2. The number of ether oxygens (including phenoxy) is 1. The summed E-state index contributed by atoms with van der Waals surface area (Å²) in [6.45, 7) is 2.76. The summed E-state index contributed by atoms with van der Waals surface area (Å²) in [6, 6.07) is 16.9. The van der Waals surface area contributed by atoms with Crippen LogP contribution in [0.1, 0.15) is 12.8 Å². The Kier molecular flexibility index (Phi) is 6.04. The molecular formula is C20H24N2O3. The van der Waals surface area contributed by atoms with Gasteiger partial charge in [-0.1, -0.05) is 30.3 Å². The van der Waals surface area contributed by atoms with Crippen LogP contribution in [0.4, 0.5) is 5.69 Å². The van der Waals surface area contributed by atoms with Crippen LogP contribution in [0.5, 0.6) is 11.5 Å². The predicted molar refractivity (Wildman–Crippen MR) is 97.8 cm³/mol. The van der Waals surface area contributed by atoms with E-state index in [4.69, 9.17) is 4.74 Å². The van der Waals surface area contributed by atoms with E-state index >= 15 is 0 Å².